The fraction of sp³-hybridized carbons (Fsp3) is 0.346. The summed E-state index contributed by atoms with van der Waals surface area (Å²) in [7, 11) is 0. The molecule has 4 nitrogen and oxygen atoms in total. The van der Waals surface area contributed by atoms with Gasteiger partial charge in [0.1, 0.15) is 6.10 Å². The number of pyridine rings is 1. The number of benzene rings is 2. The van der Waals surface area contributed by atoms with Crippen molar-refractivity contribution < 1.29 is 10.2 Å². The monoisotopic (exact) mass is 404 g/mol. The molecule has 2 aromatic carbocycles. The highest BCUT2D eigenvalue weighted by Crippen LogP contribution is 2.32. The first-order valence-corrected chi connectivity index (χ1v) is 10.5. The molecule has 0 aliphatic carbocycles. The molecule has 30 heavy (non-hydrogen) atoms. The fourth-order valence-electron chi connectivity index (χ4n) is 3.38. The van der Waals surface area contributed by atoms with E-state index in [9.17, 15) is 10.2 Å². The molecule has 1 aromatic heterocycles. The third kappa shape index (κ3) is 5.54. The zero-order valence-electron chi connectivity index (χ0n) is 18.2. The third-order valence-corrected chi connectivity index (χ3v) is 5.34. The molecule has 4 heteroatoms. The highest BCUT2D eigenvalue weighted by molar-refractivity contribution is 5.60. The van der Waals surface area contributed by atoms with Crippen LogP contribution in [0.5, 0.6) is 0 Å². The molecule has 0 saturated carbocycles. The van der Waals surface area contributed by atoms with Gasteiger partial charge in [0, 0.05) is 18.2 Å². The highest BCUT2D eigenvalue weighted by Gasteiger charge is 2.25. The van der Waals surface area contributed by atoms with E-state index in [2.05, 4.69) is 17.4 Å². The first kappa shape index (κ1) is 22.2. The van der Waals surface area contributed by atoms with Crippen LogP contribution in [-0.4, -0.2) is 21.2 Å². The Hall–Kier alpha value is -2.53. The van der Waals surface area contributed by atoms with Gasteiger partial charge in [-0.05, 0) is 41.7 Å². The first-order valence-electron chi connectivity index (χ1n) is 10.5. The van der Waals surface area contributed by atoms with Crippen molar-refractivity contribution in [2.45, 2.75) is 52.5 Å². The molecule has 3 aromatic rings. The van der Waals surface area contributed by atoms with Crippen LogP contribution in [0.1, 0.15) is 56.7 Å². The second-order valence-corrected chi connectivity index (χ2v) is 8.94. The molecule has 0 saturated heterocycles. The van der Waals surface area contributed by atoms with Crippen LogP contribution in [0.2, 0.25) is 0 Å². The number of hydrogen-bond acceptors (Lipinski definition) is 4. The number of aliphatic hydroxyl groups is 2. The maximum Gasteiger partial charge on any atom is 0.101 e. The van der Waals surface area contributed by atoms with E-state index in [1.165, 1.54) is 0 Å². The summed E-state index contributed by atoms with van der Waals surface area (Å²) in [4.78, 5) is 4.70. The van der Waals surface area contributed by atoms with Crippen LogP contribution < -0.4 is 5.32 Å². The number of hydrogen-bond donors (Lipinski definition) is 3. The van der Waals surface area contributed by atoms with Crippen molar-refractivity contribution in [1.82, 2.24) is 10.3 Å². The average molecular weight is 405 g/mol. The molecular formula is C26H32N2O2. The van der Waals surface area contributed by atoms with Crippen molar-refractivity contribution in [3.05, 3.63) is 89.6 Å². The molecule has 0 unspecified atom stereocenters. The summed E-state index contributed by atoms with van der Waals surface area (Å²) in [5.74, 6) is 0. The molecule has 1 heterocycles. The second kappa shape index (κ2) is 9.52. The summed E-state index contributed by atoms with van der Waals surface area (Å²) < 4.78 is 0. The number of nitrogens with zero attached hydrogens (tertiary/aromatic N) is 1. The quantitative estimate of drug-likeness (QED) is 0.516. The van der Waals surface area contributed by atoms with Gasteiger partial charge in [0.15, 0.2) is 0 Å². The van der Waals surface area contributed by atoms with Crippen molar-refractivity contribution in [2.75, 3.05) is 0 Å². The molecule has 3 atom stereocenters. The molecule has 0 amide bonds. The van der Waals surface area contributed by atoms with Gasteiger partial charge >= 0.3 is 0 Å². The van der Waals surface area contributed by atoms with Gasteiger partial charge in [-0.15, -0.1) is 0 Å². The van der Waals surface area contributed by atoms with Gasteiger partial charge in [0.25, 0.3) is 0 Å². The minimum atomic E-state index is -0.623. The molecule has 158 valence electrons. The van der Waals surface area contributed by atoms with E-state index in [1.807, 2.05) is 88.4 Å². The summed E-state index contributed by atoms with van der Waals surface area (Å²) >= 11 is 0. The smallest absolute Gasteiger partial charge is 0.101 e. The van der Waals surface area contributed by atoms with Crippen molar-refractivity contribution >= 4 is 0 Å². The van der Waals surface area contributed by atoms with Gasteiger partial charge in [-0.2, -0.15) is 0 Å². The van der Waals surface area contributed by atoms with Gasteiger partial charge in [0.2, 0.25) is 0 Å². The molecule has 0 fully saturated rings. The topological polar surface area (TPSA) is 65.4 Å². The minimum absolute atomic E-state index is 0.0839. The van der Waals surface area contributed by atoms with Crippen LogP contribution in [0.15, 0.2) is 72.8 Å². The predicted molar refractivity (Wildman–Crippen MR) is 122 cm³/mol. The minimum Gasteiger partial charge on any atom is -0.387 e. The van der Waals surface area contributed by atoms with Crippen LogP contribution in [0, 0.1) is 5.41 Å². The maximum absolute atomic E-state index is 10.6. The maximum atomic E-state index is 10.6. The van der Waals surface area contributed by atoms with E-state index in [-0.39, 0.29) is 11.5 Å². The first-order chi connectivity index (χ1) is 14.3. The molecule has 3 N–H and O–H groups in total. The van der Waals surface area contributed by atoms with Crippen LogP contribution in [0.3, 0.4) is 0 Å². The molecule has 3 rings (SSSR count). The van der Waals surface area contributed by atoms with E-state index in [4.69, 9.17) is 4.98 Å². The normalized spacial score (nSPS) is 14.9. The number of aromatic nitrogens is 1. The average Bonchev–Trinajstić information content (AvgIpc) is 2.76. The second-order valence-electron chi connectivity index (χ2n) is 8.94. The van der Waals surface area contributed by atoms with Crippen molar-refractivity contribution in [3.8, 4) is 11.3 Å². The Morgan fingerprint density at radius 1 is 0.900 bits per heavy atom. The molecule has 0 aliphatic rings. The Balaban J connectivity index is 1.71. The number of nitrogens with one attached hydrogen (secondary N) is 1. The summed E-state index contributed by atoms with van der Waals surface area (Å²) in [6.07, 6.45) is -1.19. The van der Waals surface area contributed by atoms with Crippen LogP contribution in [0.25, 0.3) is 11.3 Å². The van der Waals surface area contributed by atoms with Crippen molar-refractivity contribution in [2.24, 2.45) is 5.41 Å². The summed E-state index contributed by atoms with van der Waals surface area (Å²) in [6, 6.07) is 23.6. The van der Waals surface area contributed by atoms with Crippen LogP contribution >= 0.6 is 0 Å². The zero-order chi connectivity index (χ0) is 21.7. The fourth-order valence-corrected chi connectivity index (χ4v) is 3.38. The van der Waals surface area contributed by atoms with E-state index in [0.717, 1.165) is 22.4 Å². The molecule has 0 bridgehead atoms. The number of aliphatic hydroxyl groups excluding tert-OH is 2. The number of rotatable bonds is 7. The Kier molecular flexibility index (Phi) is 7.03. The van der Waals surface area contributed by atoms with Crippen LogP contribution in [-0.2, 0) is 6.54 Å². The van der Waals surface area contributed by atoms with Gasteiger partial charge in [-0.1, -0.05) is 75.4 Å². The summed E-state index contributed by atoms with van der Waals surface area (Å²) in [6.45, 7) is 8.64. The zero-order valence-corrected chi connectivity index (χ0v) is 18.2. The van der Waals surface area contributed by atoms with Gasteiger partial charge < -0.3 is 15.5 Å². The van der Waals surface area contributed by atoms with Gasteiger partial charge in [-0.3, -0.25) is 4.98 Å². The Labute approximate surface area is 179 Å². The van der Waals surface area contributed by atoms with E-state index < -0.39 is 12.2 Å². The summed E-state index contributed by atoms with van der Waals surface area (Å²) in [5, 5.41) is 24.5. The molecule has 0 radical (unpaired) electrons. The highest BCUT2D eigenvalue weighted by atomic mass is 16.3. The van der Waals surface area contributed by atoms with Gasteiger partial charge in [-0.25, -0.2) is 0 Å². The lowest BCUT2D eigenvalue weighted by molar-refractivity contribution is 0.0590. The lowest BCUT2D eigenvalue weighted by Crippen LogP contribution is -2.31. The Morgan fingerprint density at radius 2 is 1.60 bits per heavy atom. The van der Waals surface area contributed by atoms with E-state index in [0.29, 0.717) is 12.2 Å². The van der Waals surface area contributed by atoms with E-state index in [1.54, 1.807) is 0 Å². The largest absolute Gasteiger partial charge is 0.387 e. The van der Waals surface area contributed by atoms with Crippen LogP contribution in [0.4, 0.5) is 0 Å². The predicted octanol–water partition coefficient (Wildman–Crippen LogP) is 5.04. The standard InChI is InChI=1S/C26H32N2O2/c1-18(24(29)20-11-6-5-7-12-20)27-17-19-10-8-13-21(16-19)22-14-9-15-23(28-22)25(30)26(2,3)4/h5-16,18,24-25,27,29-30H,17H2,1-4H3/t18-,24-,25+/m0/s1. The van der Waals surface area contributed by atoms with E-state index >= 15 is 0 Å². The van der Waals surface area contributed by atoms with Crippen molar-refractivity contribution in [3.63, 3.8) is 0 Å². The third-order valence-electron chi connectivity index (χ3n) is 5.34. The lowest BCUT2D eigenvalue weighted by atomic mass is 9.87. The van der Waals surface area contributed by atoms with Gasteiger partial charge in [0.05, 0.1) is 17.5 Å². The molecule has 0 aliphatic heterocycles. The Bertz CT molecular complexity index is 951. The molecular weight excluding hydrogens is 372 g/mol. The SMILES string of the molecule is C[C@H](NCc1cccc(-c2cccc([C@@H](O)C(C)(C)C)n2)c1)[C@H](O)c1ccccc1. The molecule has 0 spiro atoms. The lowest BCUT2D eigenvalue weighted by Gasteiger charge is -2.25. The summed E-state index contributed by atoms with van der Waals surface area (Å²) in [5.41, 5.74) is 4.28. The Morgan fingerprint density at radius 3 is 2.30 bits per heavy atom. The van der Waals surface area contributed by atoms with Crippen molar-refractivity contribution in [1.29, 1.82) is 0 Å².